The number of carbonyl (C=O) groups excluding carboxylic acids is 1. The lowest BCUT2D eigenvalue weighted by Gasteiger charge is -2.47. The van der Waals surface area contributed by atoms with Gasteiger partial charge in [-0.05, 0) is 53.8 Å². The molecule has 10 atom stereocenters. The Labute approximate surface area is 255 Å². The fourth-order valence-corrected chi connectivity index (χ4v) is 7.35. The first-order valence-corrected chi connectivity index (χ1v) is 15.0. The first kappa shape index (κ1) is 29.6. The van der Waals surface area contributed by atoms with E-state index in [0.717, 1.165) is 22.3 Å². The molecule has 12 heteroatoms. The van der Waals surface area contributed by atoms with E-state index >= 15 is 0 Å². The number of esters is 1. The van der Waals surface area contributed by atoms with Crippen molar-refractivity contribution < 1.29 is 57.6 Å². The molecule has 1 aliphatic carbocycles. The van der Waals surface area contributed by atoms with Gasteiger partial charge >= 0.3 is 5.97 Å². The van der Waals surface area contributed by atoms with E-state index in [-0.39, 0.29) is 31.9 Å². The third kappa shape index (κ3) is 4.70. The van der Waals surface area contributed by atoms with E-state index in [1.54, 1.807) is 21.1 Å². The topological polar surface area (TPSA) is 141 Å². The molecule has 238 valence electrons. The molecule has 5 aliphatic rings. The Morgan fingerprint density at radius 2 is 1.57 bits per heavy atom. The first-order valence-electron chi connectivity index (χ1n) is 15.0. The highest BCUT2D eigenvalue weighted by Gasteiger charge is 2.56. The molecule has 3 saturated heterocycles. The molecule has 7 rings (SSSR count). The maximum Gasteiger partial charge on any atom is 0.310 e. The van der Waals surface area contributed by atoms with Crippen molar-refractivity contribution >= 4 is 5.97 Å². The number of fused-ring (bicyclic) bond motifs is 4. The number of rotatable bonds is 6. The van der Waals surface area contributed by atoms with Gasteiger partial charge in [0.15, 0.2) is 24.1 Å². The number of benzene rings is 2. The van der Waals surface area contributed by atoms with E-state index in [1.807, 2.05) is 24.3 Å². The maximum atomic E-state index is 13.5. The Morgan fingerprint density at radius 1 is 0.886 bits per heavy atom. The highest BCUT2D eigenvalue weighted by Crippen LogP contribution is 2.57. The maximum absolute atomic E-state index is 13.5. The van der Waals surface area contributed by atoms with Crippen LogP contribution >= 0.6 is 0 Å². The summed E-state index contributed by atoms with van der Waals surface area (Å²) in [6.45, 7) is 6.17. The quantitative estimate of drug-likeness (QED) is 0.463. The van der Waals surface area contributed by atoms with Crippen LogP contribution in [0.2, 0.25) is 0 Å². The lowest BCUT2D eigenvalue weighted by atomic mass is 9.66. The van der Waals surface area contributed by atoms with Gasteiger partial charge in [-0.3, -0.25) is 4.79 Å². The predicted molar refractivity (Wildman–Crippen MR) is 151 cm³/mol. The van der Waals surface area contributed by atoms with Crippen LogP contribution < -0.4 is 18.9 Å². The summed E-state index contributed by atoms with van der Waals surface area (Å²) in [4.78, 5) is 13.5. The van der Waals surface area contributed by atoms with Gasteiger partial charge < -0.3 is 52.8 Å². The van der Waals surface area contributed by atoms with Crippen LogP contribution in [0.5, 0.6) is 23.0 Å². The molecular weight excluding hydrogens is 576 g/mol. The van der Waals surface area contributed by atoms with Gasteiger partial charge in [-0.25, -0.2) is 0 Å². The summed E-state index contributed by atoms with van der Waals surface area (Å²) >= 11 is 0. The normalized spacial score (nSPS) is 35.5. The Kier molecular flexibility index (Phi) is 7.62. The van der Waals surface area contributed by atoms with Crippen LogP contribution in [0, 0.1) is 11.8 Å². The lowest BCUT2D eigenvalue weighted by Crippen LogP contribution is -2.63. The van der Waals surface area contributed by atoms with E-state index in [1.165, 1.54) is 0 Å². The van der Waals surface area contributed by atoms with Crippen LogP contribution in [0.15, 0.2) is 24.3 Å². The van der Waals surface area contributed by atoms with Gasteiger partial charge in [0.2, 0.25) is 6.79 Å². The Hall–Kier alpha value is -3.13. The van der Waals surface area contributed by atoms with Crippen molar-refractivity contribution in [3.63, 3.8) is 0 Å². The molecule has 2 N–H and O–H groups in total. The molecule has 0 radical (unpaired) electrons. The average molecular weight is 615 g/mol. The molecule has 2 aromatic rings. The third-order valence-corrected chi connectivity index (χ3v) is 9.39. The number of cyclic esters (lactones) is 1. The van der Waals surface area contributed by atoms with Gasteiger partial charge in [0, 0.05) is 17.4 Å². The van der Waals surface area contributed by atoms with Gasteiger partial charge in [-0.1, -0.05) is 13.8 Å². The highest BCUT2D eigenvalue weighted by molar-refractivity contribution is 5.79. The smallest absolute Gasteiger partial charge is 0.310 e. The second-order valence-electron chi connectivity index (χ2n) is 12.2. The minimum absolute atomic E-state index is 0.0617. The van der Waals surface area contributed by atoms with Crippen LogP contribution in [0.4, 0.5) is 0 Å². The van der Waals surface area contributed by atoms with Crippen molar-refractivity contribution in [3.8, 4) is 23.0 Å². The van der Waals surface area contributed by atoms with Gasteiger partial charge in [-0.2, -0.15) is 0 Å². The third-order valence-electron chi connectivity index (χ3n) is 9.39. The van der Waals surface area contributed by atoms with Crippen LogP contribution in [-0.2, 0) is 28.5 Å². The van der Waals surface area contributed by atoms with E-state index in [0.29, 0.717) is 23.0 Å². The van der Waals surface area contributed by atoms with Crippen LogP contribution in [0.1, 0.15) is 61.0 Å². The Balaban J connectivity index is 1.33. The number of carbonyl (C=O) groups is 1. The van der Waals surface area contributed by atoms with Gasteiger partial charge in [0.05, 0.1) is 39.5 Å². The summed E-state index contributed by atoms with van der Waals surface area (Å²) in [5.41, 5.74) is 3.26. The van der Waals surface area contributed by atoms with Crippen LogP contribution in [0.25, 0.3) is 0 Å². The Morgan fingerprint density at radius 3 is 2.23 bits per heavy atom. The van der Waals surface area contributed by atoms with Gasteiger partial charge in [-0.15, -0.1) is 0 Å². The number of hydrogen-bond donors (Lipinski definition) is 2. The fourth-order valence-electron chi connectivity index (χ4n) is 7.35. The minimum atomic E-state index is -1.41. The van der Waals surface area contributed by atoms with Crippen molar-refractivity contribution in [1.29, 1.82) is 0 Å². The monoisotopic (exact) mass is 614 g/mol. The van der Waals surface area contributed by atoms with Crippen molar-refractivity contribution in [3.05, 3.63) is 46.5 Å². The van der Waals surface area contributed by atoms with E-state index < -0.39 is 60.9 Å². The van der Waals surface area contributed by atoms with Crippen molar-refractivity contribution in [2.75, 3.05) is 34.2 Å². The van der Waals surface area contributed by atoms with Crippen molar-refractivity contribution in [1.82, 2.24) is 0 Å². The number of ether oxygens (including phenoxy) is 9. The van der Waals surface area contributed by atoms with Gasteiger partial charge in [0.25, 0.3) is 0 Å². The van der Waals surface area contributed by atoms with Crippen molar-refractivity contribution in [2.45, 2.75) is 75.7 Å². The van der Waals surface area contributed by atoms with Gasteiger partial charge in [0.1, 0.15) is 35.9 Å². The molecule has 0 saturated carbocycles. The molecule has 3 fully saturated rings. The van der Waals surface area contributed by atoms with E-state index in [2.05, 4.69) is 13.8 Å². The SMILES string of the molecule is COc1cc([C@@H]2c3cc4c(cc3C(OC3O[C@@H]5CO[C@@H](C)O[C@H]5[C@H](O)[C@H]3O)[C@H]3COC(=O)[C@H]23)OCO4)cc(OC)c1C(C)C. The number of aliphatic hydroxyl groups is 2. The minimum Gasteiger partial charge on any atom is -0.496 e. The van der Waals surface area contributed by atoms with Crippen molar-refractivity contribution in [2.24, 2.45) is 11.8 Å². The highest BCUT2D eigenvalue weighted by atomic mass is 16.8. The molecule has 2 unspecified atom stereocenters. The molecule has 0 bridgehead atoms. The molecule has 0 amide bonds. The average Bonchev–Trinajstić information content (AvgIpc) is 3.64. The zero-order valence-corrected chi connectivity index (χ0v) is 25.3. The standard InChI is InChI=1S/C32H38O12/c1-13(2)24-21(36-4)6-15(7-22(24)37-5)25-16-8-19-20(41-12-40-19)9-17(16)29(18-10-39-31(35)26(18)25)44-32-28(34)27(33)30-23(43-32)11-38-14(3)42-30/h6-9,13-14,18,23,25-30,32-34H,10-12H2,1-5H3/t14-,18+,23-,25-,26+,27-,28-,29?,30-,32?/m1/s1. The molecule has 12 nitrogen and oxygen atoms in total. The summed E-state index contributed by atoms with van der Waals surface area (Å²) in [7, 11) is 3.23. The lowest BCUT2D eigenvalue weighted by molar-refractivity contribution is -0.364. The summed E-state index contributed by atoms with van der Waals surface area (Å²) in [5, 5.41) is 22.1. The summed E-state index contributed by atoms with van der Waals surface area (Å²) in [5.74, 6) is 0.611. The van der Waals surface area contributed by atoms with E-state index in [9.17, 15) is 15.0 Å². The number of methoxy groups -OCH3 is 2. The summed E-state index contributed by atoms with van der Waals surface area (Å²) in [6.07, 6.45) is -6.63. The molecule has 0 aromatic heterocycles. The first-order chi connectivity index (χ1) is 21.2. The fraction of sp³-hybridized carbons (Fsp3) is 0.594. The predicted octanol–water partition coefficient (Wildman–Crippen LogP) is 2.76. The summed E-state index contributed by atoms with van der Waals surface area (Å²) in [6, 6.07) is 7.64. The zero-order valence-electron chi connectivity index (χ0n) is 25.3. The largest absolute Gasteiger partial charge is 0.496 e. The second-order valence-corrected chi connectivity index (χ2v) is 12.2. The summed E-state index contributed by atoms with van der Waals surface area (Å²) < 4.78 is 52.8. The van der Waals surface area contributed by atoms with E-state index in [4.69, 9.17) is 42.6 Å². The Bertz CT molecular complexity index is 1400. The van der Waals surface area contributed by atoms with Crippen LogP contribution in [0.3, 0.4) is 0 Å². The second kappa shape index (κ2) is 11.3. The van der Waals surface area contributed by atoms with Crippen LogP contribution in [-0.4, -0.2) is 87.4 Å². The molecule has 0 spiro atoms. The molecule has 44 heavy (non-hydrogen) atoms. The number of hydrogen-bond acceptors (Lipinski definition) is 12. The molecule has 4 heterocycles. The molecule has 2 aromatic carbocycles. The molecule has 4 aliphatic heterocycles. The number of aliphatic hydroxyl groups excluding tert-OH is 2. The zero-order chi connectivity index (χ0) is 30.9. The molecular formula is C32H38O12.